The van der Waals surface area contributed by atoms with Gasteiger partial charge in [0.05, 0.1) is 10.6 Å². The molecule has 8 heteroatoms. The molecule has 1 fully saturated rings. The van der Waals surface area contributed by atoms with E-state index < -0.39 is 29.4 Å². The van der Waals surface area contributed by atoms with Crippen molar-refractivity contribution in [1.82, 2.24) is 4.90 Å². The predicted molar refractivity (Wildman–Crippen MR) is 139 cm³/mol. The molecule has 0 spiro atoms. The highest BCUT2D eigenvalue weighted by molar-refractivity contribution is 8.18. The Hall–Kier alpha value is -3.13. The Morgan fingerprint density at radius 3 is 2.63 bits per heavy atom. The van der Waals surface area contributed by atoms with Crippen molar-refractivity contribution in [2.24, 2.45) is 0 Å². The first kappa shape index (κ1) is 25.0. The smallest absolute Gasteiger partial charge is 0.294 e. The molecule has 2 heterocycles. The fraction of sp³-hybridized carbons (Fsp3) is 0.370. The first-order valence-electron chi connectivity index (χ1n) is 11.7. The maximum atomic E-state index is 13.8. The van der Waals surface area contributed by atoms with Crippen molar-refractivity contribution < 1.29 is 18.8 Å². The third kappa shape index (κ3) is 4.98. The number of hydrogen-bond donors (Lipinski definition) is 1. The van der Waals surface area contributed by atoms with Gasteiger partial charge in [0, 0.05) is 17.3 Å². The minimum Gasteiger partial charge on any atom is -0.364 e. The average Bonchev–Trinajstić information content (AvgIpc) is 3.02. The maximum absolute atomic E-state index is 13.8. The Balaban J connectivity index is 1.53. The molecule has 0 aromatic heterocycles. The van der Waals surface area contributed by atoms with E-state index in [9.17, 15) is 18.8 Å². The van der Waals surface area contributed by atoms with E-state index in [2.05, 4.69) is 57.0 Å². The van der Waals surface area contributed by atoms with Crippen LogP contribution in [0.15, 0.2) is 47.4 Å². The molecule has 2 aliphatic heterocycles. The topological polar surface area (TPSA) is 69.7 Å². The van der Waals surface area contributed by atoms with Crippen LogP contribution in [-0.2, 0) is 9.59 Å². The number of thioether (sulfide) groups is 1. The van der Waals surface area contributed by atoms with E-state index in [1.165, 1.54) is 29.4 Å². The molecule has 0 radical (unpaired) electrons. The number of carbonyl (C=O) groups excluding carboxylic acids is 3. The van der Waals surface area contributed by atoms with Gasteiger partial charge in [-0.2, -0.15) is 0 Å². The van der Waals surface area contributed by atoms with Gasteiger partial charge in [0.25, 0.3) is 11.1 Å². The molecule has 2 aromatic rings. The summed E-state index contributed by atoms with van der Waals surface area (Å²) in [6, 6.07) is 12.2. The fourth-order valence-electron chi connectivity index (χ4n) is 5.22. The van der Waals surface area contributed by atoms with Gasteiger partial charge in [-0.3, -0.25) is 19.3 Å². The highest BCUT2D eigenvalue weighted by Crippen LogP contribution is 2.45. The maximum Gasteiger partial charge on any atom is 0.294 e. The zero-order chi connectivity index (χ0) is 25.5. The summed E-state index contributed by atoms with van der Waals surface area (Å²) in [7, 11) is 0. The molecule has 35 heavy (non-hydrogen) atoms. The lowest BCUT2D eigenvalue weighted by Crippen LogP contribution is -2.51. The van der Waals surface area contributed by atoms with Crippen LogP contribution >= 0.6 is 11.8 Å². The Bertz CT molecular complexity index is 1220. The third-order valence-electron chi connectivity index (χ3n) is 6.44. The lowest BCUT2D eigenvalue weighted by molar-refractivity contribution is -0.127. The van der Waals surface area contributed by atoms with Gasteiger partial charge in [-0.15, -0.1) is 0 Å². The first-order valence-corrected chi connectivity index (χ1v) is 12.5. The molecule has 1 saturated heterocycles. The van der Waals surface area contributed by atoms with Crippen LogP contribution in [0.3, 0.4) is 0 Å². The van der Waals surface area contributed by atoms with Crippen molar-refractivity contribution in [2.75, 3.05) is 16.8 Å². The van der Waals surface area contributed by atoms with Crippen molar-refractivity contribution in [2.45, 2.75) is 58.5 Å². The summed E-state index contributed by atoms with van der Waals surface area (Å²) in [5, 5.41) is 1.88. The summed E-state index contributed by atoms with van der Waals surface area (Å²) >= 11 is 0.806. The molecule has 2 aromatic carbocycles. The molecule has 1 atom stereocenters. The highest BCUT2D eigenvalue weighted by atomic mass is 32.2. The van der Waals surface area contributed by atoms with Crippen LogP contribution < -0.4 is 10.2 Å². The molecule has 0 saturated carbocycles. The number of hydrogen-bond acceptors (Lipinski definition) is 5. The van der Waals surface area contributed by atoms with Gasteiger partial charge < -0.3 is 10.2 Å². The minimum atomic E-state index is -0.641. The lowest BCUT2D eigenvalue weighted by atomic mass is 9.79. The lowest BCUT2D eigenvalue weighted by Gasteiger charge is -2.50. The summed E-state index contributed by atoms with van der Waals surface area (Å²) < 4.78 is 13.8. The van der Waals surface area contributed by atoms with Crippen LogP contribution in [0.2, 0.25) is 0 Å². The zero-order valence-corrected chi connectivity index (χ0v) is 21.4. The van der Waals surface area contributed by atoms with E-state index in [0.717, 1.165) is 28.6 Å². The van der Waals surface area contributed by atoms with Crippen molar-refractivity contribution in [3.8, 4) is 0 Å². The monoisotopic (exact) mass is 495 g/mol. The highest BCUT2D eigenvalue weighted by Gasteiger charge is 2.38. The van der Waals surface area contributed by atoms with E-state index in [4.69, 9.17) is 0 Å². The number of fused-ring (bicyclic) bond motifs is 1. The SMILES string of the molecule is CC(C)N1c2ccc(/C=C3\SC(=O)N(CC(=O)Nc4ccccc4F)C3=O)cc2[C@H](C)CC1(C)C. The second-order valence-electron chi connectivity index (χ2n) is 10.00. The Morgan fingerprint density at radius 2 is 1.94 bits per heavy atom. The van der Waals surface area contributed by atoms with Crippen LogP contribution in [0.5, 0.6) is 0 Å². The van der Waals surface area contributed by atoms with Gasteiger partial charge in [-0.25, -0.2) is 4.39 Å². The summed E-state index contributed by atoms with van der Waals surface area (Å²) in [6.07, 6.45) is 2.71. The summed E-state index contributed by atoms with van der Waals surface area (Å²) in [4.78, 5) is 41.3. The number of rotatable bonds is 5. The molecule has 4 rings (SSSR count). The second-order valence-corrected chi connectivity index (χ2v) is 11.0. The van der Waals surface area contributed by atoms with Crippen molar-refractivity contribution in [1.29, 1.82) is 0 Å². The van der Waals surface area contributed by atoms with Gasteiger partial charge >= 0.3 is 0 Å². The van der Waals surface area contributed by atoms with Crippen molar-refractivity contribution in [3.05, 3.63) is 64.3 Å². The molecule has 0 bridgehead atoms. The van der Waals surface area contributed by atoms with Gasteiger partial charge in [0.15, 0.2) is 0 Å². The van der Waals surface area contributed by atoms with Crippen LogP contribution in [-0.4, -0.2) is 40.1 Å². The number of benzene rings is 2. The normalized spacial score (nSPS) is 20.5. The summed E-state index contributed by atoms with van der Waals surface area (Å²) in [5.74, 6) is -1.41. The molecular formula is C27H30FN3O3S. The van der Waals surface area contributed by atoms with E-state index >= 15 is 0 Å². The largest absolute Gasteiger partial charge is 0.364 e. The van der Waals surface area contributed by atoms with Gasteiger partial charge in [-0.1, -0.05) is 25.1 Å². The number of halogens is 1. The van der Waals surface area contributed by atoms with Gasteiger partial charge in [0.2, 0.25) is 5.91 Å². The van der Waals surface area contributed by atoms with Gasteiger partial charge in [-0.05, 0) is 93.3 Å². The Morgan fingerprint density at radius 1 is 1.23 bits per heavy atom. The van der Waals surface area contributed by atoms with Crippen LogP contribution in [0.1, 0.15) is 58.1 Å². The minimum absolute atomic E-state index is 0.00168. The Labute approximate surface area is 209 Å². The number of imide groups is 1. The number of nitrogens with zero attached hydrogens (tertiary/aromatic N) is 2. The number of nitrogens with one attached hydrogen (secondary N) is 1. The van der Waals surface area contributed by atoms with E-state index in [0.29, 0.717) is 12.0 Å². The number of carbonyl (C=O) groups is 3. The molecule has 184 valence electrons. The molecule has 3 amide bonds. The third-order valence-corrected chi connectivity index (χ3v) is 7.34. The van der Waals surface area contributed by atoms with Crippen LogP contribution in [0, 0.1) is 5.82 Å². The number of amides is 3. The molecule has 0 unspecified atom stereocenters. The van der Waals surface area contributed by atoms with Crippen LogP contribution in [0.25, 0.3) is 6.08 Å². The molecule has 1 N–H and O–H groups in total. The second kappa shape index (κ2) is 9.49. The van der Waals surface area contributed by atoms with Gasteiger partial charge in [0.1, 0.15) is 12.4 Å². The number of para-hydroxylation sites is 1. The number of anilines is 2. The molecule has 2 aliphatic rings. The average molecular weight is 496 g/mol. The zero-order valence-electron chi connectivity index (χ0n) is 20.6. The molecule has 0 aliphatic carbocycles. The predicted octanol–water partition coefficient (Wildman–Crippen LogP) is 6.00. The van der Waals surface area contributed by atoms with E-state index in [1.807, 2.05) is 6.07 Å². The van der Waals surface area contributed by atoms with E-state index in [1.54, 1.807) is 12.1 Å². The molecular weight excluding hydrogens is 465 g/mol. The molecule has 6 nitrogen and oxygen atoms in total. The Kier molecular flexibility index (Phi) is 6.77. The van der Waals surface area contributed by atoms with Crippen LogP contribution in [0.4, 0.5) is 20.6 Å². The fourth-order valence-corrected chi connectivity index (χ4v) is 6.06. The summed E-state index contributed by atoms with van der Waals surface area (Å²) in [6.45, 7) is 10.6. The quantitative estimate of drug-likeness (QED) is 0.515. The van der Waals surface area contributed by atoms with Crippen molar-refractivity contribution >= 4 is 46.3 Å². The standard InChI is InChI=1S/C27H30FN3O3S/c1-16(2)31-22-11-10-18(12-19(22)17(3)14-27(31,4)5)13-23-25(33)30(26(34)35-23)15-24(32)29-21-9-7-6-8-20(21)28/h6-13,16-17H,14-15H2,1-5H3,(H,29,32)/b23-13-/t17-/m1/s1. The van der Waals surface area contributed by atoms with Crippen molar-refractivity contribution in [3.63, 3.8) is 0 Å². The summed E-state index contributed by atoms with van der Waals surface area (Å²) in [5.41, 5.74) is 3.28. The first-order chi connectivity index (χ1) is 16.5. The van der Waals surface area contributed by atoms with E-state index in [-0.39, 0.29) is 16.1 Å².